The summed E-state index contributed by atoms with van der Waals surface area (Å²) in [5.41, 5.74) is 1.02. The Morgan fingerprint density at radius 1 is 1.08 bits per heavy atom. The first-order valence-electron chi connectivity index (χ1n) is 21.7. The van der Waals surface area contributed by atoms with E-state index < -0.39 is 72.3 Å². The molecule has 60 heavy (non-hydrogen) atoms. The Kier molecular flexibility index (Phi) is 14.1. The number of carbonyl (C=O) groups excluding carboxylic acids is 2. The monoisotopic (exact) mass is 852 g/mol. The van der Waals surface area contributed by atoms with Gasteiger partial charge in [-0.3, -0.25) is 9.59 Å². The molecule has 16 atom stereocenters. The maximum Gasteiger partial charge on any atom is 0.316 e. The Balaban J connectivity index is 1.19. The molecule has 2 N–H and O–H groups in total. The van der Waals surface area contributed by atoms with E-state index in [0.29, 0.717) is 36.8 Å². The van der Waals surface area contributed by atoms with E-state index in [1.54, 1.807) is 26.2 Å². The molecule has 5 aliphatic heterocycles. The van der Waals surface area contributed by atoms with Crippen LogP contribution in [0.1, 0.15) is 86.1 Å². The third kappa shape index (κ3) is 9.35. The van der Waals surface area contributed by atoms with E-state index in [2.05, 4.69) is 32.9 Å². The molecule has 1 aromatic heterocycles. The molecule has 7 rings (SSSR count). The summed E-state index contributed by atoms with van der Waals surface area (Å²) in [6.45, 7) is 14.2. The standard InChI is InChI=1S/C47H64O12S/c1-9-26(2)42-29(5)15-17-46(59-42)23-35-21-34(58-46)14-13-28(4)41(57-39-22-37(52-8)43(31(7)54-39)56-38(48)20-32-16-18-60-25-32)27(3)11-10-12-33-24-53-44-40(49)30(6)19-36(45(50)55-35)47(33,44)51/h10-13,15-19,25-27,29,31,34-37,39-44,49,51H,9,14,20-24H2,1-8H3/b11-10+,28-13+,33-12+/t26?,27-,29-,31-,34+,35-,36?,37-,39?,40+,41-,42+,43-,44+,46?,47+/m0/s1. The zero-order chi connectivity index (χ0) is 42.9. The predicted octanol–water partition coefficient (Wildman–Crippen LogP) is 6.70. The molecule has 2 bridgehead atoms. The Morgan fingerprint density at radius 3 is 2.62 bits per heavy atom. The highest BCUT2D eigenvalue weighted by atomic mass is 32.1. The molecule has 3 saturated heterocycles. The first-order chi connectivity index (χ1) is 28.6. The van der Waals surface area contributed by atoms with Gasteiger partial charge in [-0.25, -0.2) is 0 Å². The second kappa shape index (κ2) is 18.8. The van der Waals surface area contributed by atoms with Crippen molar-refractivity contribution in [1.82, 2.24) is 0 Å². The van der Waals surface area contributed by atoms with Crippen LogP contribution < -0.4 is 0 Å². The quantitative estimate of drug-likeness (QED) is 0.212. The molecule has 0 aromatic carbocycles. The van der Waals surface area contributed by atoms with Crippen LogP contribution in [-0.4, -0.2) is 108 Å². The Morgan fingerprint density at radius 2 is 1.88 bits per heavy atom. The van der Waals surface area contributed by atoms with Crippen molar-refractivity contribution in [2.45, 2.75) is 160 Å². The van der Waals surface area contributed by atoms with Gasteiger partial charge >= 0.3 is 11.9 Å². The van der Waals surface area contributed by atoms with Gasteiger partial charge in [0.2, 0.25) is 0 Å². The van der Waals surface area contributed by atoms with Gasteiger partial charge in [0, 0.05) is 38.2 Å². The number of allylic oxidation sites excluding steroid dienone is 2. The molecule has 6 aliphatic rings. The van der Waals surface area contributed by atoms with Crippen LogP contribution in [0, 0.1) is 23.7 Å². The van der Waals surface area contributed by atoms with Crippen LogP contribution in [0.2, 0.25) is 0 Å². The molecule has 0 amide bonds. The van der Waals surface area contributed by atoms with E-state index in [4.69, 9.17) is 37.9 Å². The van der Waals surface area contributed by atoms with E-state index in [9.17, 15) is 19.8 Å². The van der Waals surface area contributed by atoms with E-state index in [1.807, 2.05) is 55.8 Å². The summed E-state index contributed by atoms with van der Waals surface area (Å²) in [6, 6.07) is 1.91. The number of aliphatic hydroxyl groups excluding tert-OH is 1. The van der Waals surface area contributed by atoms with Crippen molar-refractivity contribution >= 4 is 23.3 Å². The van der Waals surface area contributed by atoms with Gasteiger partial charge in [0.25, 0.3) is 0 Å². The highest BCUT2D eigenvalue weighted by Crippen LogP contribution is 2.47. The number of esters is 2. The number of methoxy groups -OCH3 is 1. The van der Waals surface area contributed by atoms with Gasteiger partial charge in [0.15, 0.2) is 18.2 Å². The minimum absolute atomic E-state index is 0.0300. The third-order valence-electron chi connectivity index (χ3n) is 13.4. The third-order valence-corrected chi connectivity index (χ3v) is 14.2. The SMILES string of the molecule is CCC(C)[C@H]1OC2(C=C[C@@H]1C)C[C@@H]1C[C@@H](C/C=C(\C)[C@@H](OC3C[C@H](OC)[C@@H](OC(=O)Cc4ccsc4)[C@H](C)O3)[C@@H](C)/C=C/C=C3\CO[C@@H]4[C@H](O)C(C)=CC(C(=O)O1)[C@]34O)O2. The molecule has 1 spiro atoms. The molecule has 0 saturated carbocycles. The lowest BCUT2D eigenvalue weighted by Gasteiger charge is -2.48. The van der Waals surface area contributed by atoms with Crippen LogP contribution in [0.4, 0.5) is 0 Å². The van der Waals surface area contributed by atoms with Gasteiger partial charge in [-0.1, -0.05) is 70.6 Å². The molecular weight excluding hydrogens is 789 g/mol. The molecule has 1 aliphatic carbocycles. The normalized spacial score (nSPS) is 43.7. The highest BCUT2D eigenvalue weighted by Gasteiger charge is 2.60. The fourth-order valence-electron chi connectivity index (χ4n) is 9.78. The first kappa shape index (κ1) is 45.1. The average Bonchev–Trinajstić information content (AvgIpc) is 3.86. The largest absolute Gasteiger partial charge is 0.462 e. The summed E-state index contributed by atoms with van der Waals surface area (Å²) in [5, 5.41) is 27.5. The first-order valence-corrected chi connectivity index (χ1v) is 22.6. The van der Waals surface area contributed by atoms with Gasteiger partial charge in [-0.05, 0) is 78.3 Å². The van der Waals surface area contributed by atoms with Gasteiger partial charge < -0.3 is 48.1 Å². The maximum absolute atomic E-state index is 14.3. The molecular formula is C47H64O12S. The van der Waals surface area contributed by atoms with Crippen molar-refractivity contribution < 1.29 is 57.7 Å². The minimum atomic E-state index is -1.84. The molecule has 13 heteroatoms. The number of aliphatic hydroxyl groups is 2. The van der Waals surface area contributed by atoms with E-state index >= 15 is 0 Å². The van der Waals surface area contributed by atoms with E-state index in [-0.39, 0.29) is 49.0 Å². The lowest BCUT2D eigenvalue weighted by atomic mass is 9.71. The van der Waals surface area contributed by atoms with Gasteiger partial charge in [-0.15, -0.1) is 0 Å². The number of carbonyl (C=O) groups is 2. The molecule has 0 radical (unpaired) electrons. The molecule has 6 heterocycles. The molecule has 330 valence electrons. The summed E-state index contributed by atoms with van der Waals surface area (Å²) in [6.07, 6.45) is 10.2. The molecule has 3 fully saturated rings. The Labute approximate surface area is 358 Å². The zero-order valence-corrected chi connectivity index (χ0v) is 37.0. The van der Waals surface area contributed by atoms with Crippen molar-refractivity contribution in [3.63, 3.8) is 0 Å². The maximum atomic E-state index is 14.3. The fourth-order valence-corrected chi connectivity index (χ4v) is 10.4. The molecule has 1 aromatic rings. The molecule has 4 unspecified atom stereocenters. The van der Waals surface area contributed by atoms with Gasteiger partial charge in [-0.2, -0.15) is 11.3 Å². The van der Waals surface area contributed by atoms with Crippen molar-refractivity contribution in [3.05, 3.63) is 81.6 Å². The summed E-state index contributed by atoms with van der Waals surface area (Å²) in [7, 11) is 1.60. The summed E-state index contributed by atoms with van der Waals surface area (Å²) in [5.74, 6) is -2.91. The topological polar surface area (TPSA) is 148 Å². The van der Waals surface area contributed by atoms with Crippen molar-refractivity contribution in [1.29, 1.82) is 0 Å². The number of hydrogen-bond acceptors (Lipinski definition) is 13. The minimum Gasteiger partial charge on any atom is -0.462 e. The number of rotatable bonds is 8. The lowest BCUT2D eigenvalue weighted by molar-refractivity contribution is -0.300. The van der Waals surface area contributed by atoms with Crippen molar-refractivity contribution in [2.75, 3.05) is 13.7 Å². The number of fused-ring (bicyclic) bond motifs is 2. The smallest absolute Gasteiger partial charge is 0.316 e. The summed E-state index contributed by atoms with van der Waals surface area (Å²) in [4.78, 5) is 27.2. The van der Waals surface area contributed by atoms with Crippen molar-refractivity contribution in [2.24, 2.45) is 23.7 Å². The second-order valence-corrected chi connectivity index (χ2v) is 18.6. The summed E-state index contributed by atoms with van der Waals surface area (Å²) < 4.78 is 51.2. The number of hydrogen-bond donors (Lipinski definition) is 2. The fraction of sp³-hybridized carbons (Fsp3) is 0.660. The zero-order valence-electron chi connectivity index (χ0n) is 36.2. The predicted molar refractivity (Wildman–Crippen MR) is 225 cm³/mol. The van der Waals surface area contributed by atoms with E-state index in [0.717, 1.165) is 17.6 Å². The number of thiophene rings is 1. The van der Waals surface area contributed by atoms with Crippen LogP contribution in [0.5, 0.6) is 0 Å². The highest BCUT2D eigenvalue weighted by molar-refractivity contribution is 7.08. The van der Waals surface area contributed by atoms with Crippen LogP contribution in [0.25, 0.3) is 0 Å². The van der Waals surface area contributed by atoms with Crippen LogP contribution in [0.15, 0.2) is 76.1 Å². The Hall–Kier alpha value is -2.98. The number of ether oxygens (including phenoxy) is 8. The van der Waals surface area contributed by atoms with Crippen molar-refractivity contribution in [3.8, 4) is 0 Å². The lowest BCUT2D eigenvalue weighted by Crippen LogP contribution is -2.58. The van der Waals surface area contributed by atoms with Crippen LogP contribution >= 0.6 is 11.3 Å². The van der Waals surface area contributed by atoms with Crippen LogP contribution in [0.3, 0.4) is 0 Å². The average molecular weight is 853 g/mol. The summed E-state index contributed by atoms with van der Waals surface area (Å²) >= 11 is 1.53. The van der Waals surface area contributed by atoms with Gasteiger partial charge in [0.05, 0.1) is 37.4 Å². The van der Waals surface area contributed by atoms with Gasteiger partial charge in [0.1, 0.15) is 35.9 Å². The molecule has 12 nitrogen and oxygen atoms in total. The van der Waals surface area contributed by atoms with E-state index in [1.165, 1.54) is 11.3 Å². The Bertz CT molecular complexity index is 1840. The second-order valence-electron chi connectivity index (χ2n) is 17.8. The van der Waals surface area contributed by atoms with Crippen LogP contribution in [-0.2, 0) is 53.9 Å².